The smallest absolute Gasteiger partial charge is 0.136 e. The van der Waals surface area contributed by atoms with Gasteiger partial charge in [0.2, 0.25) is 0 Å². The van der Waals surface area contributed by atoms with Gasteiger partial charge in [-0.25, -0.2) is 0 Å². The molecule has 0 bridgehead atoms. The Hall–Kier alpha value is -5.40. The lowest BCUT2D eigenvalue weighted by Crippen LogP contribution is -2.40. The molecule has 7 aromatic rings. The molecule has 9 rings (SSSR count). The molecule has 1 heteroatoms. The van der Waals surface area contributed by atoms with E-state index in [0.717, 1.165) is 11.2 Å². The summed E-state index contributed by atoms with van der Waals surface area (Å²) in [5.41, 5.74) is 9.71. The largest absolute Gasteiger partial charge is 0.456 e. The zero-order valence-corrected chi connectivity index (χ0v) is 23.6. The van der Waals surface area contributed by atoms with Crippen LogP contribution in [0.25, 0.3) is 55.0 Å². The van der Waals surface area contributed by atoms with Crippen LogP contribution in [0.2, 0.25) is 0 Å². The summed E-state index contributed by atoms with van der Waals surface area (Å²) in [5, 5.41) is 7.38. The minimum absolute atomic E-state index is 0.218. The highest BCUT2D eigenvalue weighted by Crippen LogP contribution is 2.43. The number of furan rings is 1. The van der Waals surface area contributed by atoms with Gasteiger partial charge in [0.25, 0.3) is 0 Å². The summed E-state index contributed by atoms with van der Waals surface area (Å²) in [7, 11) is 0. The molecule has 1 heterocycles. The molecule has 202 valence electrons. The molecular weight excluding hydrogens is 520 g/mol. The van der Waals surface area contributed by atoms with Crippen molar-refractivity contribution in [3.05, 3.63) is 179 Å². The molecule has 43 heavy (non-hydrogen) atoms. The van der Waals surface area contributed by atoms with Crippen LogP contribution in [0, 0.1) is 11.8 Å². The van der Waals surface area contributed by atoms with Crippen molar-refractivity contribution >= 4 is 43.9 Å². The molecule has 0 amide bonds. The molecule has 6 aromatic carbocycles. The highest BCUT2D eigenvalue weighted by Gasteiger charge is 2.32. The first-order valence-electron chi connectivity index (χ1n) is 15.0. The van der Waals surface area contributed by atoms with Gasteiger partial charge in [-0.1, -0.05) is 133 Å². The third-order valence-corrected chi connectivity index (χ3v) is 9.26. The van der Waals surface area contributed by atoms with Crippen LogP contribution in [0.3, 0.4) is 0 Å². The van der Waals surface area contributed by atoms with E-state index in [9.17, 15) is 0 Å². The minimum Gasteiger partial charge on any atom is -0.456 e. The van der Waals surface area contributed by atoms with Gasteiger partial charge in [-0.05, 0) is 78.9 Å². The van der Waals surface area contributed by atoms with Crippen LogP contribution in [0.15, 0.2) is 162 Å². The lowest BCUT2D eigenvalue weighted by Gasteiger charge is -2.34. The Bertz CT molecular complexity index is 2400. The molecule has 0 radical (unpaired) electrons. The minimum atomic E-state index is 0.218. The summed E-state index contributed by atoms with van der Waals surface area (Å²) in [6.45, 7) is 0. The van der Waals surface area contributed by atoms with E-state index in [0.29, 0.717) is 0 Å². The Kier molecular flexibility index (Phi) is 5.39. The summed E-state index contributed by atoms with van der Waals surface area (Å²) >= 11 is 0. The van der Waals surface area contributed by atoms with Crippen LogP contribution in [0.1, 0.15) is 11.1 Å². The van der Waals surface area contributed by atoms with E-state index in [4.69, 9.17) is 4.42 Å². The van der Waals surface area contributed by atoms with Gasteiger partial charge in [0.05, 0.1) is 0 Å². The van der Waals surface area contributed by atoms with Gasteiger partial charge in [0, 0.05) is 22.6 Å². The highest BCUT2D eigenvalue weighted by molar-refractivity contribution is 6.10. The van der Waals surface area contributed by atoms with Crippen LogP contribution in [-0.4, -0.2) is 0 Å². The number of rotatable bonds is 3. The van der Waals surface area contributed by atoms with E-state index in [-0.39, 0.29) is 11.8 Å². The van der Waals surface area contributed by atoms with Crippen LogP contribution in [0.4, 0.5) is 0 Å². The Morgan fingerprint density at radius 1 is 0.419 bits per heavy atom. The van der Waals surface area contributed by atoms with Gasteiger partial charge in [0.1, 0.15) is 11.2 Å². The Balaban J connectivity index is 1.35. The van der Waals surface area contributed by atoms with Gasteiger partial charge in [-0.15, -0.1) is 0 Å². The van der Waals surface area contributed by atoms with Crippen molar-refractivity contribution in [1.29, 1.82) is 0 Å². The number of fused-ring (bicyclic) bond motifs is 6. The maximum atomic E-state index is 6.37. The SMILES string of the molecule is C1=CC2C(c3ccc4oc5cc6ccccc6cc5c4c3)=c3ccccc3=C(c3ccccc3-c3ccccc3)C2C=C1. The van der Waals surface area contributed by atoms with Crippen molar-refractivity contribution in [1.82, 2.24) is 0 Å². The molecule has 0 saturated heterocycles. The molecule has 0 fully saturated rings. The summed E-state index contributed by atoms with van der Waals surface area (Å²) in [5.74, 6) is 0.440. The van der Waals surface area contributed by atoms with Crippen LogP contribution in [-0.2, 0) is 0 Å². The molecule has 2 atom stereocenters. The zero-order valence-electron chi connectivity index (χ0n) is 23.6. The number of allylic oxidation sites excluding steroid dienone is 4. The average molecular weight is 549 g/mol. The molecule has 2 aliphatic carbocycles. The predicted molar refractivity (Wildman–Crippen MR) is 179 cm³/mol. The molecule has 0 spiro atoms. The second kappa shape index (κ2) is 9.58. The first kappa shape index (κ1) is 24.2. The normalized spacial score (nSPS) is 17.5. The second-order valence-corrected chi connectivity index (χ2v) is 11.6. The monoisotopic (exact) mass is 548 g/mol. The number of benzene rings is 6. The van der Waals surface area contributed by atoms with Crippen LogP contribution in [0.5, 0.6) is 0 Å². The standard InChI is InChI=1S/C42H28O/c1-2-12-27(13-3-1)31-16-6-7-17-32(31)42-35-20-10-8-18-33(35)41(34-19-9-11-21-36(34)42)30-22-23-39-37(25-30)38-24-28-14-4-5-15-29(28)26-40(38)43-39/h1-26,33,35H. The first-order valence-corrected chi connectivity index (χ1v) is 15.0. The summed E-state index contributed by atoms with van der Waals surface area (Å²) in [6.07, 6.45) is 9.23. The van der Waals surface area contributed by atoms with E-state index in [2.05, 4.69) is 158 Å². The Morgan fingerprint density at radius 2 is 1.02 bits per heavy atom. The molecule has 1 aromatic heterocycles. The third kappa shape index (κ3) is 3.78. The average Bonchev–Trinajstić information content (AvgIpc) is 3.43. The molecule has 0 aliphatic heterocycles. The van der Waals surface area contributed by atoms with Gasteiger partial charge in [-0.3, -0.25) is 0 Å². The Labute approximate surface area is 250 Å². The fraction of sp³-hybridized carbons (Fsp3) is 0.0476. The van der Waals surface area contributed by atoms with Crippen molar-refractivity contribution in [2.75, 3.05) is 0 Å². The molecule has 2 aliphatic rings. The van der Waals surface area contributed by atoms with E-state index in [1.54, 1.807) is 0 Å². The first-order chi connectivity index (χ1) is 21.3. The molecular formula is C42H28O. The van der Waals surface area contributed by atoms with E-state index < -0.39 is 0 Å². The lowest BCUT2D eigenvalue weighted by atomic mass is 9.69. The predicted octanol–water partition coefficient (Wildman–Crippen LogP) is 9.18. The topological polar surface area (TPSA) is 13.1 Å². The number of hydrogen-bond donors (Lipinski definition) is 0. The number of hydrogen-bond acceptors (Lipinski definition) is 1. The van der Waals surface area contributed by atoms with Crippen molar-refractivity contribution in [3.63, 3.8) is 0 Å². The van der Waals surface area contributed by atoms with Gasteiger partial charge >= 0.3 is 0 Å². The summed E-state index contributed by atoms with van der Waals surface area (Å²) in [4.78, 5) is 0. The molecule has 1 nitrogen and oxygen atoms in total. The van der Waals surface area contributed by atoms with Crippen molar-refractivity contribution in [2.24, 2.45) is 11.8 Å². The highest BCUT2D eigenvalue weighted by atomic mass is 16.3. The third-order valence-electron chi connectivity index (χ3n) is 9.26. The summed E-state index contributed by atoms with van der Waals surface area (Å²) in [6, 6.07) is 48.4. The quantitative estimate of drug-likeness (QED) is 0.215. The van der Waals surface area contributed by atoms with Gasteiger partial charge in [-0.2, -0.15) is 0 Å². The van der Waals surface area contributed by atoms with Gasteiger partial charge < -0.3 is 4.42 Å². The maximum absolute atomic E-state index is 6.37. The fourth-order valence-corrected chi connectivity index (χ4v) is 7.36. The fourth-order valence-electron chi connectivity index (χ4n) is 7.36. The molecule has 2 unspecified atom stereocenters. The van der Waals surface area contributed by atoms with Crippen molar-refractivity contribution in [3.8, 4) is 11.1 Å². The van der Waals surface area contributed by atoms with E-state index in [1.165, 1.54) is 65.4 Å². The lowest BCUT2D eigenvalue weighted by molar-refractivity contribution is 0.669. The zero-order chi connectivity index (χ0) is 28.3. The summed E-state index contributed by atoms with van der Waals surface area (Å²) < 4.78 is 6.37. The van der Waals surface area contributed by atoms with Crippen molar-refractivity contribution in [2.45, 2.75) is 0 Å². The van der Waals surface area contributed by atoms with Gasteiger partial charge in [0.15, 0.2) is 0 Å². The molecule has 0 N–H and O–H groups in total. The van der Waals surface area contributed by atoms with E-state index >= 15 is 0 Å². The van der Waals surface area contributed by atoms with Crippen LogP contribution < -0.4 is 10.4 Å². The van der Waals surface area contributed by atoms with Crippen LogP contribution >= 0.6 is 0 Å². The second-order valence-electron chi connectivity index (χ2n) is 11.6. The molecule has 0 saturated carbocycles. The maximum Gasteiger partial charge on any atom is 0.136 e. The van der Waals surface area contributed by atoms with E-state index in [1.807, 2.05) is 0 Å². The Morgan fingerprint density at radius 3 is 1.81 bits per heavy atom. The van der Waals surface area contributed by atoms with Crippen molar-refractivity contribution < 1.29 is 4.42 Å².